The highest BCUT2D eigenvalue weighted by atomic mass is 35.5. The number of benzene rings is 2. The lowest BCUT2D eigenvalue weighted by Gasteiger charge is -2.11. The average Bonchev–Trinajstić information content (AvgIpc) is 2.68. The van der Waals surface area contributed by atoms with Crippen LogP contribution in [0.5, 0.6) is 5.88 Å². The van der Waals surface area contributed by atoms with Gasteiger partial charge in [0.2, 0.25) is 17.8 Å². The highest BCUT2D eigenvalue weighted by Gasteiger charge is 2.12. The van der Waals surface area contributed by atoms with Crippen LogP contribution in [0.1, 0.15) is 11.4 Å². The summed E-state index contributed by atoms with van der Waals surface area (Å²) in [7, 11) is 0. The zero-order valence-electron chi connectivity index (χ0n) is 15.2. The molecule has 3 N–H and O–H groups in total. The second-order valence-corrected chi connectivity index (χ2v) is 6.97. The average molecular weight is 428 g/mol. The van der Waals surface area contributed by atoms with E-state index in [1.807, 2.05) is 31.2 Å². The molecule has 8 nitrogen and oxygen atoms in total. The topological polar surface area (TPSA) is 112 Å². The van der Waals surface area contributed by atoms with Gasteiger partial charge in [-0.3, -0.25) is 0 Å². The highest BCUT2D eigenvalue weighted by Crippen LogP contribution is 2.31. The van der Waals surface area contributed by atoms with Crippen LogP contribution in [0.4, 0.5) is 17.6 Å². The second kappa shape index (κ2) is 8.02. The Bertz CT molecular complexity index is 1200. The van der Waals surface area contributed by atoms with Gasteiger partial charge in [0.25, 0.3) is 0 Å². The number of nitrogens with zero attached hydrogens (tertiary/aromatic N) is 5. The van der Waals surface area contributed by atoms with Gasteiger partial charge in [-0.15, -0.1) is 0 Å². The van der Waals surface area contributed by atoms with E-state index in [2.05, 4.69) is 30.2 Å². The van der Waals surface area contributed by atoms with E-state index in [4.69, 9.17) is 33.7 Å². The molecule has 0 atom stereocenters. The Morgan fingerprint density at radius 2 is 1.90 bits per heavy atom. The first-order chi connectivity index (χ1) is 14.0. The molecule has 146 valence electrons. The number of nitrogens with one attached hydrogen (secondary N) is 1. The third-order valence-electron chi connectivity index (χ3n) is 4.05. The molecule has 0 aliphatic rings. The van der Waals surface area contributed by atoms with Crippen molar-refractivity contribution in [2.24, 2.45) is 0 Å². The van der Waals surface area contributed by atoms with Gasteiger partial charge in [0.05, 0.1) is 15.9 Å². The Morgan fingerprint density at radius 1 is 1.07 bits per heavy atom. The van der Waals surface area contributed by atoms with E-state index in [0.29, 0.717) is 38.6 Å². The molecule has 0 spiro atoms. The summed E-state index contributed by atoms with van der Waals surface area (Å²) in [5, 5.41) is 4.59. The van der Waals surface area contributed by atoms with E-state index in [-0.39, 0.29) is 12.6 Å². The maximum Gasteiger partial charge on any atom is 0.232 e. The summed E-state index contributed by atoms with van der Waals surface area (Å²) in [4.78, 5) is 20.9. The molecular formula is C19H15Cl2N7O. The zero-order valence-corrected chi connectivity index (χ0v) is 16.7. The van der Waals surface area contributed by atoms with E-state index in [0.717, 1.165) is 11.3 Å². The normalized spacial score (nSPS) is 10.9. The molecule has 0 unspecified atom stereocenters. The Morgan fingerprint density at radius 3 is 2.72 bits per heavy atom. The Balaban J connectivity index is 1.59. The SMILES string of the molecule is Cc1ccccc1Nc1nc(N)nc(COc2ncnc3c(Cl)cc(Cl)cc23)n1. The molecule has 10 heteroatoms. The molecule has 0 bridgehead atoms. The van der Waals surface area contributed by atoms with Crippen molar-refractivity contribution in [2.45, 2.75) is 13.5 Å². The van der Waals surface area contributed by atoms with Gasteiger partial charge in [-0.25, -0.2) is 9.97 Å². The van der Waals surface area contributed by atoms with Crippen LogP contribution >= 0.6 is 23.2 Å². The number of anilines is 3. The van der Waals surface area contributed by atoms with E-state index in [1.54, 1.807) is 12.1 Å². The van der Waals surface area contributed by atoms with Crippen molar-refractivity contribution in [3.63, 3.8) is 0 Å². The first-order valence-electron chi connectivity index (χ1n) is 8.55. The van der Waals surface area contributed by atoms with Gasteiger partial charge in [0.15, 0.2) is 5.82 Å². The van der Waals surface area contributed by atoms with Crippen molar-refractivity contribution >= 4 is 51.7 Å². The van der Waals surface area contributed by atoms with Crippen molar-refractivity contribution < 1.29 is 4.74 Å². The molecule has 0 saturated carbocycles. The van der Waals surface area contributed by atoms with Crippen LogP contribution in [0.15, 0.2) is 42.7 Å². The summed E-state index contributed by atoms with van der Waals surface area (Å²) in [5.41, 5.74) is 8.29. The number of aryl methyl sites for hydroxylation is 1. The molecule has 2 aromatic heterocycles. The summed E-state index contributed by atoms with van der Waals surface area (Å²) in [6.45, 7) is 2.00. The van der Waals surface area contributed by atoms with Crippen LogP contribution in [0.3, 0.4) is 0 Å². The molecule has 4 aromatic rings. The molecule has 4 rings (SSSR count). The number of ether oxygens (including phenoxy) is 1. The molecule has 0 fully saturated rings. The number of nitrogen functional groups attached to an aromatic ring is 1. The summed E-state index contributed by atoms with van der Waals surface area (Å²) in [6.07, 6.45) is 1.37. The molecule has 29 heavy (non-hydrogen) atoms. The van der Waals surface area contributed by atoms with Gasteiger partial charge >= 0.3 is 0 Å². The summed E-state index contributed by atoms with van der Waals surface area (Å²) >= 11 is 12.3. The molecule has 0 aliphatic carbocycles. The van der Waals surface area contributed by atoms with Gasteiger partial charge in [-0.1, -0.05) is 41.4 Å². The van der Waals surface area contributed by atoms with Crippen LogP contribution in [-0.4, -0.2) is 24.9 Å². The largest absolute Gasteiger partial charge is 0.469 e. The summed E-state index contributed by atoms with van der Waals surface area (Å²) in [6, 6.07) is 11.1. The predicted molar refractivity (Wildman–Crippen MR) is 113 cm³/mol. The van der Waals surface area contributed by atoms with Crippen LogP contribution in [0.25, 0.3) is 10.9 Å². The van der Waals surface area contributed by atoms with E-state index in [9.17, 15) is 0 Å². The van der Waals surface area contributed by atoms with Crippen molar-refractivity contribution in [3.05, 3.63) is 64.2 Å². The minimum absolute atomic E-state index is 0.0193. The first-order valence-corrected chi connectivity index (χ1v) is 9.31. The monoisotopic (exact) mass is 427 g/mol. The predicted octanol–water partition coefficient (Wildman–Crippen LogP) is 4.33. The first kappa shape index (κ1) is 19.1. The lowest BCUT2D eigenvalue weighted by atomic mass is 10.2. The lowest BCUT2D eigenvalue weighted by Crippen LogP contribution is -2.10. The second-order valence-electron chi connectivity index (χ2n) is 6.12. The van der Waals surface area contributed by atoms with Crippen molar-refractivity contribution in [2.75, 3.05) is 11.1 Å². The number of nitrogens with two attached hydrogens (primary N) is 1. The quantitative estimate of drug-likeness (QED) is 0.483. The number of rotatable bonds is 5. The minimum atomic E-state index is 0.0193. The third-order valence-corrected chi connectivity index (χ3v) is 4.56. The molecular weight excluding hydrogens is 413 g/mol. The van der Waals surface area contributed by atoms with Crippen molar-refractivity contribution in [1.29, 1.82) is 0 Å². The molecule has 0 saturated heterocycles. The smallest absolute Gasteiger partial charge is 0.232 e. The Kier molecular flexibility index (Phi) is 5.28. The number of fused-ring (bicyclic) bond motifs is 1. The van der Waals surface area contributed by atoms with Crippen molar-refractivity contribution in [3.8, 4) is 5.88 Å². The summed E-state index contributed by atoms with van der Waals surface area (Å²) < 4.78 is 5.79. The molecule has 0 amide bonds. The number of hydrogen-bond acceptors (Lipinski definition) is 8. The summed E-state index contributed by atoms with van der Waals surface area (Å²) in [5.74, 6) is 1.05. The number of hydrogen-bond donors (Lipinski definition) is 2. The number of aromatic nitrogens is 5. The van der Waals surface area contributed by atoms with Gasteiger partial charge in [0, 0.05) is 10.7 Å². The molecule has 0 aliphatic heterocycles. The Hall–Kier alpha value is -3.23. The van der Waals surface area contributed by atoms with Gasteiger partial charge in [0.1, 0.15) is 12.9 Å². The van der Waals surface area contributed by atoms with Gasteiger partial charge in [-0.05, 0) is 30.7 Å². The van der Waals surface area contributed by atoms with Crippen LogP contribution in [-0.2, 0) is 6.61 Å². The molecule has 2 heterocycles. The Labute approximate surface area is 176 Å². The number of para-hydroxylation sites is 1. The number of halogens is 2. The fourth-order valence-electron chi connectivity index (χ4n) is 2.71. The fraction of sp³-hybridized carbons (Fsp3) is 0.105. The standard InChI is InChI=1S/C19H15Cl2N7O/c1-10-4-2-3-5-14(10)25-19-27-15(26-18(22)28-19)8-29-17-12-6-11(20)7-13(21)16(12)23-9-24-17/h2-7,9H,8H2,1H3,(H3,22,25,26,27,28). The third kappa shape index (κ3) is 4.28. The van der Waals surface area contributed by atoms with Crippen LogP contribution in [0.2, 0.25) is 10.0 Å². The van der Waals surface area contributed by atoms with E-state index in [1.165, 1.54) is 6.33 Å². The van der Waals surface area contributed by atoms with E-state index < -0.39 is 0 Å². The zero-order chi connectivity index (χ0) is 20.4. The maximum atomic E-state index is 6.19. The van der Waals surface area contributed by atoms with Crippen LogP contribution in [0, 0.1) is 6.92 Å². The molecule has 0 radical (unpaired) electrons. The minimum Gasteiger partial charge on any atom is -0.469 e. The van der Waals surface area contributed by atoms with E-state index >= 15 is 0 Å². The van der Waals surface area contributed by atoms with Crippen LogP contribution < -0.4 is 15.8 Å². The van der Waals surface area contributed by atoms with Gasteiger partial charge in [-0.2, -0.15) is 15.0 Å². The maximum absolute atomic E-state index is 6.19. The lowest BCUT2D eigenvalue weighted by molar-refractivity contribution is 0.287. The molecule has 2 aromatic carbocycles. The highest BCUT2D eigenvalue weighted by molar-refractivity contribution is 6.38. The van der Waals surface area contributed by atoms with Crippen molar-refractivity contribution in [1.82, 2.24) is 24.9 Å². The fourth-order valence-corrected chi connectivity index (χ4v) is 3.25. The van der Waals surface area contributed by atoms with Gasteiger partial charge < -0.3 is 15.8 Å².